The Morgan fingerprint density at radius 3 is 2.75 bits per heavy atom. The summed E-state index contributed by atoms with van der Waals surface area (Å²) in [6.45, 7) is 8.27. The summed E-state index contributed by atoms with van der Waals surface area (Å²) in [5.41, 5.74) is 5.57. The number of hydrogen-bond acceptors (Lipinski definition) is 2. The van der Waals surface area contributed by atoms with E-state index in [1.165, 1.54) is 6.42 Å². The molecule has 12 heavy (non-hydrogen) atoms. The lowest BCUT2D eigenvalue weighted by molar-refractivity contribution is 0.289. The van der Waals surface area contributed by atoms with E-state index in [0.717, 1.165) is 12.5 Å². The predicted molar refractivity (Wildman–Crippen MR) is 52.1 cm³/mol. The Balaban J connectivity index is 2.59. The SMILES string of the molecule is C[C@@H]1CN(C=NCN)C(C)(C)C1. The first-order chi connectivity index (χ1) is 5.56. The van der Waals surface area contributed by atoms with Gasteiger partial charge in [0, 0.05) is 12.1 Å². The molecule has 1 aliphatic heterocycles. The average Bonchev–Trinajstić information content (AvgIpc) is 2.20. The quantitative estimate of drug-likeness (QED) is 0.496. The van der Waals surface area contributed by atoms with Gasteiger partial charge in [-0.05, 0) is 26.2 Å². The van der Waals surface area contributed by atoms with Crippen LogP contribution in [0.3, 0.4) is 0 Å². The van der Waals surface area contributed by atoms with Gasteiger partial charge in [0.15, 0.2) is 0 Å². The minimum absolute atomic E-state index is 0.262. The zero-order valence-corrected chi connectivity index (χ0v) is 8.25. The van der Waals surface area contributed by atoms with Gasteiger partial charge in [-0.15, -0.1) is 0 Å². The Morgan fingerprint density at radius 1 is 1.67 bits per heavy atom. The molecule has 3 nitrogen and oxygen atoms in total. The van der Waals surface area contributed by atoms with Crippen molar-refractivity contribution in [1.82, 2.24) is 4.90 Å². The average molecular weight is 169 g/mol. The van der Waals surface area contributed by atoms with E-state index in [-0.39, 0.29) is 5.54 Å². The molecular formula is C9H19N3. The maximum absolute atomic E-state index is 5.31. The predicted octanol–water partition coefficient (Wildman–Crippen LogP) is 1.05. The first-order valence-corrected chi connectivity index (χ1v) is 4.53. The van der Waals surface area contributed by atoms with E-state index in [1.54, 1.807) is 0 Å². The van der Waals surface area contributed by atoms with Gasteiger partial charge in [0.1, 0.15) is 0 Å². The Hall–Kier alpha value is -0.570. The number of hydrogen-bond donors (Lipinski definition) is 1. The fraction of sp³-hybridized carbons (Fsp3) is 0.889. The summed E-state index contributed by atoms with van der Waals surface area (Å²) < 4.78 is 0. The molecule has 1 saturated heterocycles. The highest BCUT2D eigenvalue weighted by Gasteiger charge is 2.34. The number of nitrogens with two attached hydrogens (primary N) is 1. The third-order valence-electron chi connectivity index (χ3n) is 2.46. The van der Waals surface area contributed by atoms with Crippen molar-refractivity contribution < 1.29 is 0 Å². The smallest absolute Gasteiger partial charge is 0.0876 e. The molecule has 2 N–H and O–H groups in total. The molecular weight excluding hydrogens is 150 g/mol. The Kier molecular flexibility index (Phi) is 2.73. The van der Waals surface area contributed by atoms with E-state index in [2.05, 4.69) is 30.7 Å². The third kappa shape index (κ3) is 1.97. The lowest BCUT2D eigenvalue weighted by Gasteiger charge is -2.29. The van der Waals surface area contributed by atoms with Gasteiger partial charge in [0.25, 0.3) is 0 Å². The van der Waals surface area contributed by atoms with Crippen molar-refractivity contribution in [1.29, 1.82) is 0 Å². The molecule has 0 spiro atoms. The van der Waals surface area contributed by atoms with Crippen molar-refractivity contribution in [2.75, 3.05) is 13.2 Å². The summed E-state index contributed by atoms with van der Waals surface area (Å²) in [6, 6.07) is 0. The summed E-state index contributed by atoms with van der Waals surface area (Å²) in [5, 5.41) is 0. The van der Waals surface area contributed by atoms with Crippen molar-refractivity contribution in [3.05, 3.63) is 0 Å². The molecule has 0 aromatic heterocycles. The van der Waals surface area contributed by atoms with Crippen LogP contribution in [0.25, 0.3) is 0 Å². The monoisotopic (exact) mass is 169 g/mol. The van der Waals surface area contributed by atoms with Crippen molar-refractivity contribution >= 4 is 6.34 Å². The third-order valence-corrected chi connectivity index (χ3v) is 2.46. The maximum Gasteiger partial charge on any atom is 0.0876 e. The van der Waals surface area contributed by atoms with Gasteiger partial charge < -0.3 is 10.6 Å². The number of nitrogens with zero attached hydrogens (tertiary/aromatic N) is 2. The Labute approximate surface area is 74.6 Å². The molecule has 1 aliphatic rings. The first-order valence-electron chi connectivity index (χ1n) is 4.53. The van der Waals surface area contributed by atoms with E-state index in [9.17, 15) is 0 Å². The molecule has 0 bridgehead atoms. The van der Waals surface area contributed by atoms with Gasteiger partial charge in [-0.3, -0.25) is 4.99 Å². The Morgan fingerprint density at radius 2 is 2.33 bits per heavy atom. The molecule has 1 rings (SSSR count). The van der Waals surface area contributed by atoms with Crippen molar-refractivity contribution in [3.8, 4) is 0 Å². The van der Waals surface area contributed by atoms with Gasteiger partial charge in [-0.25, -0.2) is 0 Å². The van der Waals surface area contributed by atoms with Gasteiger partial charge in [0.05, 0.1) is 13.0 Å². The first kappa shape index (κ1) is 9.52. The van der Waals surface area contributed by atoms with E-state index >= 15 is 0 Å². The largest absolute Gasteiger partial charge is 0.358 e. The van der Waals surface area contributed by atoms with Crippen LogP contribution in [0.15, 0.2) is 4.99 Å². The molecule has 70 valence electrons. The summed E-state index contributed by atoms with van der Waals surface area (Å²) in [5.74, 6) is 0.768. The van der Waals surface area contributed by atoms with Crippen LogP contribution in [0.4, 0.5) is 0 Å². The lowest BCUT2D eigenvalue weighted by atomic mass is 9.98. The van der Waals surface area contributed by atoms with E-state index in [0.29, 0.717) is 6.67 Å². The van der Waals surface area contributed by atoms with Crippen LogP contribution in [-0.2, 0) is 0 Å². The highest BCUT2D eigenvalue weighted by atomic mass is 15.2. The van der Waals surface area contributed by atoms with Crippen molar-refractivity contribution in [2.45, 2.75) is 32.7 Å². The summed E-state index contributed by atoms with van der Waals surface area (Å²) in [7, 11) is 0. The van der Waals surface area contributed by atoms with Crippen LogP contribution in [0.5, 0.6) is 0 Å². The van der Waals surface area contributed by atoms with Gasteiger partial charge in [-0.2, -0.15) is 0 Å². The molecule has 0 aromatic rings. The standard InChI is InChI=1S/C9H19N3/c1-8-4-9(2,3)12(5-8)7-11-6-10/h7-8H,4-6,10H2,1-3H3/t8-/m0/s1. The van der Waals surface area contributed by atoms with Crippen LogP contribution in [0.2, 0.25) is 0 Å². The van der Waals surface area contributed by atoms with Gasteiger partial charge in [0.2, 0.25) is 0 Å². The van der Waals surface area contributed by atoms with Crippen molar-refractivity contribution in [3.63, 3.8) is 0 Å². The molecule has 1 atom stereocenters. The van der Waals surface area contributed by atoms with Gasteiger partial charge >= 0.3 is 0 Å². The highest BCUT2D eigenvalue weighted by molar-refractivity contribution is 5.56. The maximum atomic E-state index is 5.31. The molecule has 0 aromatic carbocycles. The molecule has 0 amide bonds. The minimum Gasteiger partial charge on any atom is -0.358 e. The molecule has 0 aliphatic carbocycles. The van der Waals surface area contributed by atoms with Gasteiger partial charge in [-0.1, -0.05) is 6.92 Å². The van der Waals surface area contributed by atoms with Crippen LogP contribution >= 0.6 is 0 Å². The molecule has 0 radical (unpaired) electrons. The van der Waals surface area contributed by atoms with Crippen LogP contribution in [0, 0.1) is 5.92 Å². The van der Waals surface area contributed by atoms with E-state index in [1.807, 2.05) is 6.34 Å². The van der Waals surface area contributed by atoms with Crippen LogP contribution in [-0.4, -0.2) is 30.0 Å². The number of rotatable bonds is 2. The second-order valence-corrected chi connectivity index (χ2v) is 4.25. The normalized spacial score (nSPS) is 28.7. The zero-order chi connectivity index (χ0) is 9.19. The second-order valence-electron chi connectivity index (χ2n) is 4.25. The molecule has 1 fully saturated rings. The molecule has 0 saturated carbocycles. The van der Waals surface area contributed by atoms with Crippen LogP contribution < -0.4 is 5.73 Å². The Bertz CT molecular complexity index is 175. The highest BCUT2D eigenvalue weighted by Crippen LogP contribution is 2.30. The summed E-state index contributed by atoms with van der Waals surface area (Å²) >= 11 is 0. The van der Waals surface area contributed by atoms with Crippen LogP contribution in [0.1, 0.15) is 27.2 Å². The fourth-order valence-electron chi connectivity index (χ4n) is 1.97. The summed E-state index contributed by atoms with van der Waals surface area (Å²) in [4.78, 5) is 6.34. The van der Waals surface area contributed by atoms with E-state index < -0.39 is 0 Å². The molecule has 0 unspecified atom stereocenters. The lowest BCUT2D eigenvalue weighted by Crippen LogP contribution is -2.37. The topological polar surface area (TPSA) is 41.6 Å². The molecule has 1 heterocycles. The fourth-order valence-corrected chi connectivity index (χ4v) is 1.97. The summed E-state index contributed by atoms with van der Waals surface area (Å²) in [6.07, 6.45) is 3.13. The number of aliphatic imine (C=N–C) groups is 1. The number of likely N-dealkylation sites (tertiary alicyclic amines) is 1. The van der Waals surface area contributed by atoms with E-state index in [4.69, 9.17) is 5.73 Å². The molecule has 3 heteroatoms. The second kappa shape index (κ2) is 3.44. The minimum atomic E-state index is 0.262. The zero-order valence-electron chi connectivity index (χ0n) is 8.25. The van der Waals surface area contributed by atoms with Crippen molar-refractivity contribution in [2.24, 2.45) is 16.6 Å².